The fourth-order valence-corrected chi connectivity index (χ4v) is 1.00. The number of carboxylic acid groups (broad SMARTS) is 1. The number of nitrogens with two attached hydrogens (primary N) is 1. The number of carbonyl (C=O) groups excluding carboxylic acids is 1. The molecule has 0 radical (unpaired) electrons. The molecule has 0 aliphatic rings. The van der Waals surface area contributed by atoms with Gasteiger partial charge in [0.15, 0.2) is 6.10 Å². The number of carboxylic acids is 1. The highest BCUT2D eigenvalue weighted by atomic mass is 19.1. The third-order valence-electron chi connectivity index (χ3n) is 1.88. The number of amides is 1. The highest BCUT2D eigenvalue weighted by Crippen LogP contribution is 2.17. The highest BCUT2D eigenvalue weighted by molar-refractivity contribution is 5.88. The number of rotatable bonds is 4. The summed E-state index contributed by atoms with van der Waals surface area (Å²) in [6.45, 7) is 1.41. The molecular formula is C10H10FNO4. The second kappa shape index (κ2) is 4.61. The van der Waals surface area contributed by atoms with E-state index < -0.39 is 29.4 Å². The maximum absolute atomic E-state index is 13.2. The van der Waals surface area contributed by atoms with Crippen LogP contribution in [-0.4, -0.2) is 23.1 Å². The van der Waals surface area contributed by atoms with Gasteiger partial charge in [-0.1, -0.05) is 0 Å². The van der Waals surface area contributed by atoms with Crippen LogP contribution in [0, 0.1) is 5.82 Å². The van der Waals surface area contributed by atoms with Gasteiger partial charge in [0.1, 0.15) is 11.6 Å². The molecule has 0 fully saturated rings. The quantitative estimate of drug-likeness (QED) is 0.795. The molecule has 0 bridgehead atoms. The summed E-state index contributed by atoms with van der Waals surface area (Å²) in [5, 5.41) is 8.57. The van der Waals surface area contributed by atoms with E-state index in [9.17, 15) is 14.0 Å². The summed E-state index contributed by atoms with van der Waals surface area (Å²) in [6, 6.07) is 3.20. The van der Waals surface area contributed by atoms with Crippen LogP contribution < -0.4 is 10.5 Å². The van der Waals surface area contributed by atoms with Gasteiger partial charge in [0, 0.05) is 6.07 Å². The SMILES string of the molecule is CC(Oc1ccc(C(=O)O)c(F)c1)C(N)=O. The van der Waals surface area contributed by atoms with E-state index in [0.29, 0.717) is 0 Å². The molecule has 5 nitrogen and oxygen atoms in total. The Morgan fingerprint density at radius 2 is 2.12 bits per heavy atom. The largest absolute Gasteiger partial charge is 0.481 e. The lowest BCUT2D eigenvalue weighted by Gasteiger charge is -2.11. The molecule has 0 saturated carbocycles. The molecule has 0 aromatic heterocycles. The van der Waals surface area contributed by atoms with Crippen molar-refractivity contribution in [3.8, 4) is 5.75 Å². The third kappa shape index (κ3) is 2.69. The molecule has 1 amide bonds. The van der Waals surface area contributed by atoms with Gasteiger partial charge in [-0.15, -0.1) is 0 Å². The fourth-order valence-electron chi connectivity index (χ4n) is 1.00. The summed E-state index contributed by atoms with van der Waals surface area (Å²) in [4.78, 5) is 21.2. The zero-order valence-corrected chi connectivity index (χ0v) is 8.44. The third-order valence-corrected chi connectivity index (χ3v) is 1.88. The Bertz CT molecular complexity index is 433. The molecule has 6 heteroatoms. The Balaban J connectivity index is 2.89. The lowest BCUT2D eigenvalue weighted by Crippen LogP contribution is -2.30. The van der Waals surface area contributed by atoms with Crippen LogP contribution >= 0.6 is 0 Å². The van der Waals surface area contributed by atoms with Crippen LogP contribution in [0.5, 0.6) is 5.75 Å². The topological polar surface area (TPSA) is 89.6 Å². The molecule has 3 N–H and O–H groups in total. The van der Waals surface area contributed by atoms with Crippen molar-refractivity contribution < 1.29 is 23.8 Å². The van der Waals surface area contributed by atoms with Crippen LogP contribution in [-0.2, 0) is 4.79 Å². The number of hydrogen-bond acceptors (Lipinski definition) is 3. The molecular weight excluding hydrogens is 217 g/mol. The Kier molecular flexibility index (Phi) is 3.44. The van der Waals surface area contributed by atoms with Gasteiger partial charge in [-0.2, -0.15) is 0 Å². The maximum Gasteiger partial charge on any atom is 0.338 e. The van der Waals surface area contributed by atoms with Crippen LogP contribution in [0.25, 0.3) is 0 Å². The standard InChI is InChI=1S/C10H10FNO4/c1-5(9(12)13)16-6-2-3-7(10(14)15)8(11)4-6/h2-5H,1H3,(H2,12,13)(H,14,15). The number of primary amides is 1. The molecule has 0 heterocycles. The molecule has 1 aromatic rings. The van der Waals surface area contributed by atoms with Gasteiger partial charge < -0.3 is 15.6 Å². The second-order valence-corrected chi connectivity index (χ2v) is 3.11. The predicted octanol–water partition coefficient (Wildman–Crippen LogP) is 0.776. The van der Waals surface area contributed by atoms with Crippen LogP contribution in [0.2, 0.25) is 0 Å². The summed E-state index contributed by atoms with van der Waals surface area (Å²) in [6.07, 6.45) is -0.907. The monoisotopic (exact) mass is 227 g/mol. The number of aromatic carboxylic acids is 1. The van der Waals surface area contributed by atoms with E-state index >= 15 is 0 Å². The van der Waals surface area contributed by atoms with Gasteiger partial charge in [-0.05, 0) is 19.1 Å². The first-order chi connectivity index (χ1) is 7.41. The molecule has 0 aliphatic carbocycles. The summed E-state index contributed by atoms with van der Waals surface area (Å²) in [7, 11) is 0. The second-order valence-electron chi connectivity index (χ2n) is 3.11. The lowest BCUT2D eigenvalue weighted by atomic mass is 10.2. The van der Waals surface area contributed by atoms with E-state index in [1.165, 1.54) is 13.0 Å². The smallest absolute Gasteiger partial charge is 0.338 e. The van der Waals surface area contributed by atoms with Gasteiger partial charge in [-0.25, -0.2) is 9.18 Å². The van der Waals surface area contributed by atoms with E-state index in [1.54, 1.807) is 0 Å². The molecule has 0 saturated heterocycles. The summed E-state index contributed by atoms with van der Waals surface area (Å²) < 4.78 is 18.2. The molecule has 1 atom stereocenters. The van der Waals surface area contributed by atoms with Gasteiger partial charge >= 0.3 is 5.97 Å². The maximum atomic E-state index is 13.2. The Morgan fingerprint density at radius 3 is 2.56 bits per heavy atom. The fraction of sp³-hybridized carbons (Fsp3) is 0.200. The zero-order chi connectivity index (χ0) is 12.3. The van der Waals surface area contributed by atoms with E-state index in [-0.39, 0.29) is 5.75 Å². The average Bonchev–Trinajstić information content (AvgIpc) is 2.16. The summed E-state index contributed by atoms with van der Waals surface area (Å²) in [5.41, 5.74) is 4.49. The zero-order valence-electron chi connectivity index (χ0n) is 8.44. The first-order valence-corrected chi connectivity index (χ1v) is 4.40. The Labute approximate surface area is 90.6 Å². The summed E-state index contributed by atoms with van der Waals surface area (Å²) in [5.74, 6) is -2.94. The minimum atomic E-state index is -1.37. The molecule has 1 rings (SSSR count). The van der Waals surface area contributed by atoms with Crippen molar-refractivity contribution in [3.63, 3.8) is 0 Å². The van der Waals surface area contributed by atoms with Crippen LogP contribution in [0.15, 0.2) is 18.2 Å². The first-order valence-electron chi connectivity index (χ1n) is 4.40. The predicted molar refractivity (Wildman–Crippen MR) is 52.6 cm³/mol. The van der Waals surface area contributed by atoms with Crippen molar-refractivity contribution >= 4 is 11.9 Å². The van der Waals surface area contributed by atoms with Gasteiger partial charge in [0.2, 0.25) is 0 Å². The van der Waals surface area contributed by atoms with Crippen molar-refractivity contribution in [1.29, 1.82) is 0 Å². The Hall–Kier alpha value is -2.11. The van der Waals surface area contributed by atoms with Crippen molar-refractivity contribution in [2.24, 2.45) is 5.73 Å². The van der Waals surface area contributed by atoms with Crippen LogP contribution in [0.4, 0.5) is 4.39 Å². The highest BCUT2D eigenvalue weighted by Gasteiger charge is 2.14. The van der Waals surface area contributed by atoms with Gasteiger partial charge in [0.05, 0.1) is 5.56 Å². The van der Waals surface area contributed by atoms with E-state index in [0.717, 1.165) is 12.1 Å². The normalized spacial score (nSPS) is 11.9. The minimum absolute atomic E-state index is 0.0498. The average molecular weight is 227 g/mol. The first kappa shape index (κ1) is 12.0. The number of ether oxygens (including phenoxy) is 1. The van der Waals surface area contributed by atoms with E-state index in [2.05, 4.69) is 0 Å². The van der Waals surface area contributed by atoms with E-state index in [4.69, 9.17) is 15.6 Å². The molecule has 16 heavy (non-hydrogen) atoms. The molecule has 1 aromatic carbocycles. The van der Waals surface area contributed by atoms with Crippen LogP contribution in [0.3, 0.4) is 0 Å². The van der Waals surface area contributed by atoms with Crippen molar-refractivity contribution in [2.45, 2.75) is 13.0 Å². The molecule has 0 aliphatic heterocycles. The molecule has 86 valence electrons. The van der Waals surface area contributed by atoms with Crippen molar-refractivity contribution in [2.75, 3.05) is 0 Å². The lowest BCUT2D eigenvalue weighted by molar-refractivity contribution is -0.123. The van der Waals surface area contributed by atoms with Crippen molar-refractivity contribution in [3.05, 3.63) is 29.6 Å². The number of benzene rings is 1. The minimum Gasteiger partial charge on any atom is -0.481 e. The molecule has 0 spiro atoms. The number of hydrogen-bond donors (Lipinski definition) is 2. The van der Waals surface area contributed by atoms with Gasteiger partial charge in [0.25, 0.3) is 5.91 Å². The van der Waals surface area contributed by atoms with E-state index in [1.807, 2.05) is 0 Å². The Morgan fingerprint density at radius 1 is 1.50 bits per heavy atom. The number of carbonyl (C=O) groups is 2. The molecule has 1 unspecified atom stereocenters. The van der Waals surface area contributed by atoms with Crippen LogP contribution in [0.1, 0.15) is 17.3 Å². The van der Waals surface area contributed by atoms with Crippen molar-refractivity contribution in [1.82, 2.24) is 0 Å². The summed E-state index contributed by atoms with van der Waals surface area (Å²) >= 11 is 0. The number of halogens is 1. The van der Waals surface area contributed by atoms with Gasteiger partial charge in [-0.3, -0.25) is 4.79 Å².